The molecule has 1 atom stereocenters. The first-order valence-electron chi connectivity index (χ1n) is 11.2. The van der Waals surface area contributed by atoms with E-state index in [4.69, 9.17) is 40.5 Å². The van der Waals surface area contributed by atoms with E-state index < -0.39 is 12.1 Å². The molecule has 178 valence electrons. The van der Waals surface area contributed by atoms with Crippen molar-refractivity contribution < 1.29 is 9.59 Å². The number of halogens is 3. The average Bonchev–Trinajstić information content (AvgIpc) is 3.16. The third kappa shape index (κ3) is 5.15. The summed E-state index contributed by atoms with van der Waals surface area (Å²) < 4.78 is 1.60. The van der Waals surface area contributed by atoms with E-state index in [1.54, 1.807) is 41.9 Å². The van der Waals surface area contributed by atoms with Crippen LogP contribution >= 0.6 is 34.8 Å². The molecular formula is C25H25Cl3N4O2. The van der Waals surface area contributed by atoms with E-state index in [1.165, 1.54) is 0 Å². The Balaban J connectivity index is 1.71. The molecule has 1 aliphatic carbocycles. The number of hydrogen-bond acceptors (Lipinski definition) is 4. The van der Waals surface area contributed by atoms with Gasteiger partial charge in [-0.25, -0.2) is 4.68 Å². The number of Topliss-reactive ketones (excluding diaryl/α,β-unsaturated/α-hetero) is 1. The highest BCUT2D eigenvalue weighted by Gasteiger charge is 2.29. The summed E-state index contributed by atoms with van der Waals surface area (Å²) in [5, 5.41) is 8.66. The lowest BCUT2D eigenvalue weighted by molar-refractivity contribution is -0.125. The highest BCUT2D eigenvalue weighted by atomic mass is 35.5. The third-order valence-corrected chi connectivity index (χ3v) is 6.98. The van der Waals surface area contributed by atoms with E-state index >= 15 is 0 Å². The molecule has 2 aromatic carbocycles. The second-order valence-electron chi connectivity index (χ2n) is 8.53. The minimum absolute atomic E-state index is 0.111. The monoisotopic (exact) mass is 518 g/mol. The van der Waals surface area contributed by atoms with Crippen molar-refractivity contribution in [2.45, 2.75) is 45.2 Å². The van der Waals surface area contributed by atoms with Crippen molar-refractivity contribution in [3.05, 3.63) is 68.8 Å². The third-order valence-electron chi connectivity index (χ3n) is 6.19. The van der Waals surface area contributed by atoms with Crippen LogP contribution in [0.15, 0.2) is 42.5 Å². The molecule has 0 radical (unpaired) electrons. The Morgan fingerprint density at radius 1 is 1.03 bits per heavy atom. The molecule has 1 amide bonds. The van der Waals surface area contributed by atoms with Crippen LogP contribution in [-0.4, -0.2) is 27.6 Å². The number of carbonyl (C=O) groups excluding carboxylic acids is 2. The Labute approximate surface area is 213 Å². The number of rotatable bonds is 6. The summed E-state index contributed by atoms with van der Waals surface area (Å²) in [5.74, 6) is -0.766. The molecule has 3 aromatic rings. The lowest BCUT2D eigenvalue weighted by Gasteiger charge is -2.23. The Morgan fingerprint density at radius 2 is 1.68 bits per heavy atom. The highest BCUT2D eigenvalue weighted by molar-refractivity contribution is 6.35. The number of hydrogen-bond donors (Lipinski definition) is 2. The molecule has 0 spiro atoms. The van der Waals surface area contributed by atoms with Crippen LogP contribution in [0.1, 0.15) is 48.2 Å². The van der Waals surface area contributed by atoms with Crippen LogP contribution in [0.5, 0.6) is 0 Å². The van der Waals surface area contributed by atoms with Gasteiger partial charge in [0.15, 0.2) is 11.5 Å². The van der Waals surface area contributed by atoms with Gasteiger partial charge in [-0.3, -0.25) is 9.59 Å². The second kappa shape index (κ2) is 10.5. The molecule has 1 fully saturated rings. The summed E-state index contributed by atoms with van der Waals surface area (Å²) >= 11 is 18.6. The van der Waals surface area contributed by atoms with Crippen molar-refractivity contribution in [3.63, 3.8) is 0 Å². The molecule has 1 saturated carbocycles. The second-order valence-corrected chi connectivity index (χ2v) is 9.81. The van der Waals surface area contributed by atoms with Crippen molar-refractivity contribution in [1.82, 2.24) is 15.1 Å². The van der Waals surface area contributed by atoms with Crippen LogP contribution in [0.3, 0.4) is 0 Å². The number of aromatic nitrogens is 2. The molecule has 6 nitrogen and oxygen atoms in total. The van der Waals surface area contributed by atoms with Gasteiger partial charge >= 0.3 is 0 Å². The molecule has 3 N–H and O–H groups in total. The maximum absolute atomic E-state index is 13.2. The van der Waals surface area contributed by atoms with E-state index in [0.717, 1.165) is 37.7 Å². The Kier molecular flexibility index (Phi) is 7.63. The summed E-state index contributed by atoms with van der Waals surface area (Å²) in [4.78, 5) is 26.0. The van der Waals surface area contributed by atoms with Crippen LogP contribution < -0.4 is 11.1 Å². The highest BCUT2D eigenvalue weighted by Crippen LogP contribution is 2.33. The van der Waals surface area contributed by atoms with Gasteiger partial charge in [-0.1, -0.05) is 66.2 Å². The molecule has 34 heavy (non-hydrogen) atoms. The van der Waals surface area contributed by atoms with Gasteiger partial charge < -0.3 is 11.1 Å². The molecule has 4 rings (SSSR count). The molecule has 1 unspecified atom stereocenters. The van der Waals surface area contributed by atoms with Crippen molar-refractivity contribution >= 4 is 46.5 Å². The van der Waals surface area contributed by atoms with Gasteiger partial charge in [-0.15, -0.1) is 0 Å². The number of nitrogens with zero attached hydrogens (tertiary/aromatic N) is 2. The number of ketones is 1. The molecule has 0 bridgehead atoms. The SMILES string of the molecule is Cc1c(C(=O)NC(N)C(=O)C2CCCCC2)nn(-c2ccc(Cl)cc2Cl)c1-c1ccc(Cl)cc1. The van der Waals surface area contributed by atoms with Gasteiger partial charge in [0.2, 0.25) is 0 Å². The molecule has 1 aromatic heterocycles. The summed E-state index contributed by atoms with van der Waals surface area (Å²) in [7, 11) is 0. The van der Waals surface area contributed by atoms with Crippen LogP contribution in [-0.2, 0) is 4.79 Å². The molecule has 0 saturated heterocycles. The Hall–Kier alpha value is -2.38. The largest absolute Gasteiger partial charge is 0.329 e. The maximum atomic E-state index is 13.2. The number of benzene rings is 2. The summed E-state index contributed by atoms with van der Waals surface area (Å²) in [6, 6.07) is 12.2. The minimum Gasteiger partial charge on any atom is -0.329 e. The van der Waals surface area contributed by atoms with Gasteiger partial charge in [0.1, 0.15) is 6.17 Å². The van der Waals surface area contributed by atoms with E-state index in [0.29, 0.717) is 32.0 Å². The Morgan fingerprint density at radius 3 is 2.32 bits per heavy atom. The fourth-order valence-corrected chi connectivity index (χ4v) is 5.02. The topological polar surface area (TPSA) is 90.0 Å². The van der Waals surface area contributed by atoms with Crippen molar-refractivity contribution in [2.75, 3.05) is 0 Å². The zero-order valence-electron chi connectivity index (χ0n) is 18.7. The summed E-state index contributed by atoms with van der Waals surface area (Å²) in [5.41, 5.74) is 8.88. The van der Waals surface area contributed by atoms with Crippen LogP contribution in [0.2, 0.25) is 15.1 Å². The Bertz CT molecular complexity index is 1220. The van der Waals surface area contributed by atoms with Crippen molar-refractivity contribution in [2.24, 2.45) is 11.7 Å². The molecule has 1 aliphatic rings. The van der Waals surface area contributed by atoms with Crippen LogP contribution in [0.25, 0.3) is 16.9 Å². The first-order chi connectivity index (χ1) is 16.3. The van der Waals surface area contributed by atoms with Gasteiger partial charge in [0.25, 0.3) is 5.91 Å². The fourth-order valence-electron chi connectivity index (χ4n) is 4.41. The van der Waals surface area contributed by atoms with Gasteiger partial charge in [0, 0.05) is 27.1 Å². The quantitative estimate of drug-likeness (QED) is 0.392. The minimum atomic E-state index is -1.08. The lowest BCUT2D eigenvalue weighted by Crippen LogP contribution is -2.50. The lowest BCUT2D eigenvalue weighted by atomic mass is 9.85. The normalized spacial score (nSPS) is 15.2. The number of carbonyl (C=O) groups is 2. The summed E-state index contributed by atoms with van der Waals surface area (Å²) in [6.45, 7) is 1.79. The van der Waals surface area contributed by atoms with E-state index in [9.17, 15) is 9.59 Å². The van der Waals surface area contributed by atoms with Crippen molar-refractivity contribution in [1.29, 1.82) is 0 Å². The van der Waals surface area contributed by atoms with E-state index in [2.05, 4.69) is 10.4 Å². The first kappa shape index (κ1) is 24.7. The van der Waals surface area contributed by atoms with Crippen molar-refractivity contribution in [3.8, 4) is 16.9 Å². The van der Waals surface area contributed by atoms with Gasteiger partial charge in [-0.2, -0.15) is 5.10 Å². The molecule has 9 heteroatoms. The van der Waals surface area contributed by atoms with E-state index in [-0.39, 0.29) is 17.4 Å². The maximum Gasteiger partial charge on any atom is 0.273 e. The zero-order valence-corrected chi connectivity index (χ0v) is 20.9. The predicted octanol–water partition coefficient (Wildman–Crippen LogP) is 5.97. The average molecular weight is 520 g/mol. The molecule has 0 aliphatic heterocycles. The predicted molar refractivity (Wildman–Crippen MR) is 136 cm³/mol. The number of nitrogens with two attached hydrogens (primary N) is 1. The van der Waals surface area contributed by atoms with E-state index in [1.807, 2.05) is 12.1 Å². The standard InChI is InChI=1S/C25H25Cl3N4O2/c1-14-21(25(34)30-24(29)23(33)16-5-3-2-4-6-16)31-32(20-12-11-18(27)13-19(20)28)22(14)15-7-9-17(26)10-8-15/h7-13,16,24H,2-6,29H2,1H3,(H,30,34). The molecular weight excluding hydrogens is 495 g/mol. The first-order valence-corrected chi connectivity index (χ1v) is 12.3. The van der Waals surface area contributed by atoms with Gasteiger partial charge in [-0.05, 0) is 50.1 Å². The van der Waals surface area contributed by atoms with Crippen LogP contribution in [0.4, 0.5) is 0 Å². The smallest absolute Gasteiger partial charge is 0.273 e. The number of nitrogens with one attached hydrogen (secondary N) is 1. The number of amides is 1. The van der Waals surface area contributed by atoms with Gasteiger partial charge in [0.05, 0.1) is 16.4 Å². The molecule has 1 heterocycles. The van der Waals surface area contributed by atoms with Crippen LogP contribution in [0, 0.1) is 12.8 Å². The fraction of sp³-hybridized carbons (Fsp3) is 0.320. The zero-order chi connectivity index (χ0) is 24.4. The summed E-state index contributed by atoms with van der Waals surface area (Å²) in [6.07, 6.45) is 3.68.